The summed E-state index contributed by atoms with van der Waals surface area (Å²) in [5.74, 6) is 1.19. The van der Waals surface area contributed by atoms with E-state index in [1.54, 1.807) is 13.2 Å². The molecule has 0 saturated heterocycles. The zero-order valence-corrected chi connectivity index (χ0v) is 11.5. The molecule has 0 fully saturated rings. The molecule has 3 aromatic heterocycles. The number of nitriles is 1. The van der Waals surface area contributed by atoms with Crippen LogP contribution in [-0.4, -0.2) is 26.5 Å². The molecule has 0 radical (unpaired) electrons. The predicted molar refractivity (Wildman–Crippen MR) is 73.6 cm³/mol. The van der Waals surface area contributed by atoms with Crippen molar-refractivity contribution in [3.8, 4) is 11.9 Å². The van der Waals surface area contributed by atoms with Gasteiger partial charge in [-0.2, -0.15) is 10.2 Å². The third-order valence-electron chi connectivity index (χ3n) is 3.24. The molecule has 100 valence electrons. The van der Waals surface area contributed by atoms with Crippen LogP contribution in [0.4, 0.5) is 0 Å². The maximum absolute atomic E-state index is 8.97. The molecular formula is C14H13N5O. The van der Waals surface area contributed by atoms with Crippen molar-refractivity contribution in [2.45, 2.75) is 20.3 Å². The van der Waals surface area contributed by atoms with Crippen LogP contribution in [-0.2, 0) is 6.42 Å². The monoisotopic (exact) mass is 267 g/mol. The minimum atomic E-state index is 0.229. The molecule has 0 atom stereocenters. The van der Waals surface area contributed by atoms with Crippen LogP contribution < -0.4 is 4.74 Å². The molecular weight excluding hydrogens is 254 g/mol. The number of hydrogen-bond donors (Lipinski definition) is 0. The summed E-state index contributed by atoms with van der Waals surface area (Å²) < 4.78 is 7.07. The molecule has 0 aromatic carbocycles. The smallest absolute Gasteiger partial charge is 0.215 e. The first-order chi connectivity index (χ1) is 9.65. The van der Waals surface area contributed by atoms with Gasteiger partial charge in [-0.25, -0.2) is 9.97 Å². The Bertz CT molecular complexity index is 859. The Morgan fingerprint density at radius 2 is 1.95 bits per heavy atom. The quantitative estimate of drug-likeness (QED) is 0.709. The Labute approximate surface area is 115 Å². The van der Waals surface area contributed by atoms with Crippen LogP contribution in [0, 0.1) is 25.2 Å². The average molecular weight is 267 g/mol. The summed E-state index contributed by atoms with van der Waals surface area (Å²) in [6, 6.07) is 5.77. The summed E-state index contributed by atoms with van der Waals surface area (Å²) in [6.07, 6.45) is 0.229. The largest absolute Gasteiger partial charge is 0.481 e. The highest BCUT2D eigenvalue weighted by atomic mass is 16.5. The van der Waals surface area contributed by atoms with Gasteiger partial charge in [0.25, 0.3) is 0 Å². The molecule has 0 aliphatic carbocycles. The number of fused-ring (bicyclic) bond motifs is 3. The zero-order valence-electron chi connectivity index (χ0n) is 11.5. The van der Waals surface area contributed by atoms with Gasteiger partial charge in [0.2, 0.25) is 5.88 Å². The topological polar surface area (TPSA) is 76.1 Å². The van der Waals surface area contributed by atoms with Crippen molar-refractivity contribution in [3.63, 3.8) is 0 Å². The zero-order chi connectivity index (χ0) is 14.3. The lowest BCUT2D eigenvalue weighted by molar-refractivity contribution is 0.399. The number of imidazole rings is 1. The summed E-state index contributed by atoms with van der Waals surface area (Å²) in [6.45, 7) is 3.85. The first-order valence-corrected chi connectivity index (χ1v) is 6.22. The van der Waals surface area contributed by atoms with Gasteiger partial charge in [0.05, 0.1) is 36.5 Å². The number of ether oxygens (including phenoxy) is 1. The molecule has 20 heavy (non-hydrogen) atoms. The van der Waals surface area contributed by atoms with Crippen molar-refractivity contribution in [2.24, 2.45) is 0 Å². The maximum atomic E-state index is 8.97. The van der Waals surface area contributed by atoms with Crippen LogP contribution in [0.2, 0.25) is 0 Å². The first kappa shape index (κ1) is 12.4. The van der Waals surface area contributed by atoms with Gasteiger partial charge in [0.15, 0.2) is 5.65 Å². The van der Waals surface area contributed by atoms with Crippen molar-refractivity contribution < 1.29 is 4.74 Å². The maximum Gasteiger partial charge on any atom is 0.215 e. The highest BCUT2D eigenvalue weighted by Crippen LogP contribution is 2.23. The third-order valence-corrected chi connectivity index (χ3v) is 3.24. The summed E-state index contributed by atoms with van der Waals surface area (Å²) in [5, 5.41) is 8.97. The van der Waals surface area contributed by atoms with E-state index < -0.39 is 0 Å². The van der Waals surface area contributed by atoms with Crippen LogP contribution in [0.3, 0.4) is 0 Å². The van der Waals surface area contributed by atoms with Gasteiger partial charge in [-0.1, -0.05) is 0 Å². The van der Waals surface area contributed by atoms with Crippen LogP contribution >= 0.6 is 0 Å². The van der Waals surface area contributed by atoms with E-state index in [-0.39, 0.29) is 6.42 Å². The second-order valence-corrected chi connectivity index (χ2v) is 4.53. The molecule has 6 heteroatoms. The Hall–Kier alpha value is -2.68. The summed E-state index contributed by atoms with van der Waals surface area (Å²) >= 11 is 0. The number of nitrogens with zero attached hydrogens (tertiary/aromatic N) is 5. The normalized spacial score (nSPS) is 10.9. The molecule has 3 heterocycles. The number of rotatable bonds is 2. The van der Waals surface area contributed by atoms with Gasteiger partial charge in [-0.05, 0) is 19.9 Å². The Morgan fingerprint density at radius 1 is 1.20 bits per heavy atom. The molecule has 0 bridgehead atoms. The van der Waals surface area contributed by atoms with Crippen LogP contribution in [0.25, 0.3) is 16.7 Å². The molecule has 0 unspecified atom stereocenters. The van der Waals surface area contributed by atoms with Crippen LogP contribution in [0.15, 0.2) is 12.1 Å². The van der Waals surface area contributed by atoms with Crippen molar-refractivity contribution in [1.82, 2.24) is 19.4 Å². The number of methoxy groups -OCH3 is 1. The summed E-state index contributed by atoms with van der Waals surface area (Å²) in [5.41, 5.74) is 4.05. The van der Waals surface area contributed by atoms with E-state index in [0.29, 0.717) is 17.4 Å². The lowest BCUT2D eigenvalue weighted by Gasteiger charge is -2.07. The first-order valence-electron chi connectivity index (χ1n) is 6.22. The standard InChI is InChI=1S/C14H13N5O/c1-8-13-9(2)17-11(6-7-15)19(13)14-10(16-8)4-5-12(18-14)20-3/h4-5H,6H2,1-3H3. The Kier molecular flexibility index (Phi) is 2.75. The van der Waals surface area contributed by atoms with E-state index in [4.69, 9.17) is 10.00 Å². The second kappa shape index (κ2) is 4.46. The molecule has 6 nitrogen and oxygen atoms in total. The van der Waals surface area contributed by atoms with Gasteiger partial charge in [-0.3, -0.25) is 4.40 Å². The molecule has 0 aliphatic heterocycles. The highest BCUT2D eigenvalue weighted by molar-refractivity contribution is 5.77. The van der Waals surface area contributed by atoms with Gasteiger partial charge in [0.1, 0.15) is 11.3 Å². The fraction of sp³-hybridized carbons (Fsp3) is 0.286. The van der Waals surface area contributed by atoms with E-state index in [9.17, 15) is 0 Å². The average Bonchev–Trinajstić information content (AvgIpc) is 2.77. The molecule has 0 amide bonds. The third kappa shape index (κ3) is 1.67. The Morgan fingerprint density at radius 3 is 2.65 bits per heavy atom. The highest BCUT2D eigenvalue weighted by Gasteiger charge is 2.15. The molecule has 0 spiro atoms. The van der Waals surface area contributed by atoms with E-state index in [2.05, 4.69) is 21.0 Å². The summed E-state index contributed by atoms with van der Waals surface area (Å²) in [4.78, 5) is 13.5. The number of hydrogen-bond acceptors (Lipinski definition) is 5. The minimum absolute atomic E-state index is 0.229. The van der Waals surface area contributed by atoms with E-state index in [1.807, 2.05) is 24.3 Å². The molecule has 3 rings (SSSR count). The lowest BCUT2D eigenvalue weighted by Crippen LogP contribution is -2.02. The molecule has 3 aromatic rings. The fourth-order valence-electron chi connectivity index (χ4n) is 2.45. The predicted octanol–water partition coefficient (Wildman–Crippen LogP) is 1.97. The Balaban J connectivity index is 2.51. The lowest BCUT2D eigenvalue weighted by atomic mass is 10.3. The molecule has 0 saturated carbocycles. The van der Waals surface area contributed by atoms with Crippen molar-refractivity contribution in [2.75, 3.05) is 7.11 Å². The number of pyridine rings is 1. The van der Waals surface area contributed by atoms with Gasteiger partial charge in [-0.15, -0.1) is 0 Å². The number of aryl methyl sites for hydroxylation is 2. The summed E-state index contributed by atoms with van der Waals surface area (Å²) in [7, 11) is 1.57. The van der Waals surface area contributed by atoms with Gasteiger partial charge >= 0.3 is 0 Å². The van der Waals surface area contributed by atoms with Gasteiger partial charge < -0.3 is 4.74 Å². The van der Waals surface area contributed by atoms with Crippen molar-refractivity contribution in [1.29, 1.82) is 5.26 Å². The van der Waals surface area contributed by atoms with E-state index in [1.165, 1.54) is 0 Å². The van der Waals surface area contributed by atoms with Crippen molar-refractivity contribution >= 4 is 16.7 Å². The van der Waals surface area contributed by atoms with Gasteiger partial charge in [0, 0.05) is 6.07 Å². The molecule has 0 N–H and O–H groups in total. The second-order valence-electron chi connectivity index (χ2n) is 4.53. The van der Waals surface area contributed by atoms with Crippen molar-refractivity contribution in [3.05, 3.63) is 29.3 Å². The fourth-order valence-corrected chi connectivity index (χ4v) is 2.45. The minimum Gasteiger partial charge on any atom is -0.481 e. The van der Waals surface area contributed by atoms with E-state index >= 15 is 0 Å². The molecule has 0 aliphatic rings. The SMILES string of the molecule is COc1ccc2nc(C)c3c(C)nc(CC#N)n3c2n1. The van der Waals surface area contributed by atoms with Crippen LogP contribution in [0.1, 0.15) is 17.2 Å². The number of aromatic nitrogens is 4. The van der Waals surface area contributed by atoms with E-state index in [0.717, 1.165) is 22.4 Å². The van der Waals surface area contributed by atoms with Crippen LogP contribution in [0.5, 0.6) is 5.88 Å².